The molecule has 0 aliphatic heterocycles. The molecule has 8 heteroatoms. The Labute approximate surface area is 154 Å². The van der Waals surface area contributed by atoms with Crippen molar-refractivity contribution >= 4 is 23.4 Å². The van der Waals surface area contributed by atoms with Gasteiger partial charge < -0.3 is 5.32 Å². The SMILES string of the molecule is Cc1ccc(C)c(-n2nnnc2S[C@H](C)C(=O)Nc2cccc(F)c2)c1. The fraction of sp³-hybridized carbons (Fsp3) is 0.222. The summed E-state index contributed by atoms with van der Waals surface area (Å²) in [5.41, 5.74) is 3.40. The largest absolute Gasteiger partial charge is 0.325 e. The molecule has 0 unspecified atom stereocenters. The third-order valence-corrected chi connectivity index (χ3v) is 4.81. The van der Waals surface area contributed by atoms with Crippen molar-refractivity contribution in [3.05, 3.63) is 59.4 Å². The number of hydrogen-bond acceptors (Lipinski definition) is 5. The van der Waals surface area contributed by atoms with Gasteiger partial charge in [0.1, 0.15) is 5.82 Å². The van der Waals surface area contributed by atoms with Crippen LogP contribution in [0, 0.1) is 19.7 Å². The van der Waals surface area contributed by atoms with Gasteiger partial charge in [0.25, 0.3) is 0 Å². The molecule has 0 bridgehead atoms. The van der Waals surface area contributed by atoms with Gasteiger partial charge in [-0.3, -0.25) is 4.79 Å². The summed E-state index contributed by atoms with van der Waals surface area (Å²) in [6, 6.07) is 11.8. The minimum Gasteiger partial charge on any atom is -0.325 e. The van der Waals surface area contributed by atoms with E-state index in [4.69, 9.17) is 0 Å². The number of rotatable bonds is 5. The number of anilines is 1. The smallest absolute Gasteiger partial charge is 0.237 e. The van der Waals surface area contributed by atoms with Crippen molar-refractivity contribution in [3.63, 3.8) is 0 Å². The number of nitrogens with one attached hydrogen (secondary N) is 1. The standard InChI is InChI=1S/C18H18FN5OS/c1-11-7-8-12(2)16(9-11)24-18(21-22-23-24)26-13(3)17(25)20-15-6-4-5-14(19)10-15/h4-10,13H,1-3H3,(H,20,25)/t13-/m1/s1. The molecule has 0 spiro atoms. The first-order valence-electron chi connectivity index (χ1n) is 8.03. The molecule has 0 saturated heterocycles. The Morgan fingerprint density at radius 3 is 2.81 bits per heavy atom. The number of aromatic nitrogens is 4. The Balaban J connectivity index is 1.76. The first-order valence-corrected chi connectivity index (χ1v) is 8.91. The Morgan fingerprint density at radius 2 is 2.04 bits per heavy atom. The van der Waals surface area contributed by atoms with Gasteiger partial charge in [-0.25, -0.2) is 4.39 Å². The van der Waals surface area contributed by atoms with E-state index in [1.54, 1.807) is 23.7 Å². The van der Waals surface area contributed by atoms with Crippen molar-refractivity contribution in [3.8, 4) is 5.69 Å². The molecule has 1 atom stereocenters. The Bertz CT molecular complexity index is 943. The number of amides is 1. The topological polar surface area (TPSA) is 72.7 Å². The van der Waals surface area contributed by atoms with Gasteiger partial charge in [0, 0.05) is 5.69 Å². The number of benzene rings is 2. The van der Waals surface area contributed by atoms with Gasteiger partial charge in [-0.15, -0.1) is 5.10 Å². The number of tetrazole rings is 1. The highest BCUT2D eigenvalue weighted by molar-refractivity contribution is 8.00. The maximum absolute atomic E-state index is 13.2. The van der Waals surface area contributed by atoms with Gasteiger partial charge in [0.15, 0.2) is 0 Å². The molecule has 1 aromatic heterocycles. The Kier molecular flexibility index (Phi) is 5.32. The number of thioether (sulfide) groups is 1. The van der Waals surface area contributed by atoms with Crippen LogP contribution in [-0.2, 0) is 4.79 Å². The van der Waals surface area contributed by atoms with E-state index >= 15 is 0 Å². The van der Waals surface area contributed by atoms with E-state index < -0.39 is 11.1 Å². The number of carbonyl (C=O) groups is 1. The highest BCUT2D eigenvalue weighted by Gasteiger charge is 2.20. The highest BCUT2D eigenvalue weighted by Crippen LogP contribution is 2.25. The van der Waals surface area contributed by atoms with Gasteiger partial charge >= 0.3 is 0 Å². The second kappa shape index (κ2) is 7.65. The monoisotopic (exact) mass is 371 g/mol. The lowest BCUT2D eigenvalue weighted by atomic mass is 10.1. The molecule has 0 fully saturated rings. The van der Waals surface area contributed by atoms with Gasteiger partial charge in [-0.05, 0) is 66.6 Å². The molecule has 3 rings (SSSR count). The van der Waals surface area contributed by atoms with Crippen LogP contribution in [-0.4, -0.2) is 31.4 Å². The predicted molar refractivity (Wildman–Crippen MR) is 99.0 cm³/mol. The normalized spacial score (nSPS) is 12.0. The van der Waals surface area contributed by atoms with Crippen molar-refractivity contribution in [1.29, 1.82) is 0 Å². The van der Waals surface area contributed by atoms with E-state index in [-0.39, 0.29) is 5.91 Å². The average Bonchev–Trinajstić information content (AvgIpc) is 3.05. The number of aryl methyl sites for hydroxylation is 2. The maximum atomic E-state index is 13.2. The average molecular weight is 371 g/mol. The van der Waals surface area contributed by atoms with Crippen LogP contribution in [0.3, 0.4) is 0 Å². The van der Waals surface area contributed by atoms with Crippen LogP contribution in [0.25, 0.3) is 5.69 Å². The van der Waals surface area contributed by atoms with E-state index in [1.807, 2.05) is 32.0 Å². The highest BCUT2D eigenvalue weighted by atomic mass is 32.2. The predicted octanol–water partition coefficient (Wildman–Crippen LogP) is 3.54. The summed E-state index contributed by atoms with van der Waals surface area (Å²) < 4.78 is 14.9. The van der Waals surface area contributed by atoms with Gasteiger partial charge in [0.05, 0.1) is 10.9 Å². The van der Waals surface area contributed by atoms with Gasteiger partial charge in [-0.2, -0.15) is 4.68 Å². The molecule has 1 amide bonds. The zero-order chi connectivity index (χ0) is 18.7. The Hall–Kier alpha value is -2.74. The summed E-state index contributed by atoms with van der Waals surface area (Å²) in [4.78, 5) is 12.4. The zero-order valence-corrected chi connectivity index (χ0v) is 15.4. The van der Waals surface area contributed by atoms with Crippen molar-refractivity contribution in [2.24, 2.45) is 0 Å². The van der Waals surface area contributed by atoms with Gasteiger partial charge in [-0.1, -0.05) is 30.0 Å². The molecule has 0 saturated carbocycles. The van der Waals surface area contributed by atoms with Crippen molar-refractivity contribution < 1.29 is 9.18 Å². The fourth-order valence-corrected chi connectivity index (χ4v) is 3.17. The number of nitrogens with zero attached hydrogens (tertiary/aromatic N) is 4. The maximum Gasteiger partial charge on any atom is 0.237 e. The number of halogens is 1. The van der Waals surface area contributed by atoms with Crippen molar-refractivity contribution in [1.82, 2.24) is 20.2 Å². The Morgan fingerprint density at radius 1 is 1.23 bits per heavy atom. The van der Waals surface area contributed by atoms with E-state index in [0.717, 1.165) is 16.8 Å². The lowest BCUT2D eigenvalue weighted by Crippen LogP contribution is -2.23. The molecule has 0 aliphatic rings. The van der Waals surface area contributed by atoms with E-state index in [9.17, 15) is 9.18 Å². The molecule has 0 radical (unpaired) electrons. The van der Waals surface area contributed by atoms with Crippen LogP contribution >= 0.6 is 11.8 Å². The van der Waals surface area contributed by atoms with Crippen LogP contribution in [0.1, 0.15) is 18.1 Å². The summed E-state index contributed by atoms with van der Waals surface area (Å²) in [6.45, 7) is 5.72. The zero-order valence-electron chi connectivity index (χ0n) is 14.6. The van der Waals surface area contributed by atoms with Crippen molar-refractivity contribution in [2.45, 2.75) is 31.2 Å². The van der Waals surface area contributed by atoms with Crippen LogP contribution in [0.15, 0.2) is 47.6 Å². The molecule has 0 aliphatic carbocycles. The van der Waals surface area contributed by atoms with E-state index in [2.05, 4.69) is 20.8 Å². The van der Waals surface area contributed by atoms with Crippen LogP contribution in [0.2, 0.25) is 0 Å². The number of hydrogen-bond donors (Lipinski definition) is 1. The molecule has 1 heterocycles. The van der Waals surface area contributed by atoms with Gasteiger partial charge in [0.2, 0.25) is 11.1 Å². The minimum absolute atomic E-state index is 0.254. The lowest BCUT2D eigenvalue weighted by molar-refractivity contribution is -0.115. The third-order valence-electron chi connectivity index (χ3n) is 3.78. The lowest BCUT2D eigenvalue weighted by Gasteiger charge is -2.13. The molecule has 6 nitrogen and oxygen atoms in total. The summed E-state index contributed by atoms with van der Waals surface area (Å²) in [5, 5.41) is 14.6. The third kappa shape index (κ3) is 4.08. The first kappa shape index (κ1) is 18.1. The van der Waals surface area contributed by atoms with Crippen molar-refractivity contribution in [2.75, 3.05) is 5.32 Å². The quantitative estimate of drug-likeness (QED) is 0.695. The number of carbonyl (C=O) groups excluding carboxylic acids is 1. The first-order chi connectivity index (χ1) is 12.4. The van der Waals surface area contributed by atoms with Crippen LogP contribution in [0.4, 0.5) is 10.1 Å². The fourth-order valence-electron chi connectivity index (χ4n) is 2.37. The second-order valence-corrected chi connectivity index (χ2v) is 7.23. The molecule has 134 valence electrons. The summed E-state index contributed by atoms with van der Waals surface area (Å²) >= 11 is 1.24. The summed E-state index contributed by atoms with van der Waals surface area (Å²) in [6.07, 6.45) is 0. The molecular weight excluding hydrogens is 353 g/mol. The van der Waals surface area contributed by atoms with Crippen LogP contribution < -0.4 is 5.32 Å². The molecule has 3 aromatic rings. The second-order valence-electron chi connectivity index (χ2n) is 5.92. The molecule has 1 N–H and O–H groups in total. The molecule has 2 aromatic carbocycles. The molecular formula is C18H18FN5OS. The van der Waals surface area contributed by atoms with Crippen LogP contribution in [0.5, 0.6) is 0 Å². The summed E-state index contributed by atoms with van der Waals surface area (Å²) in [7, 11) is 0. The molecule has 26 heavy (non-hydrogen) atoms. The summed E-state index contributed by atoms with van der Waals surface area (Å²) in [5.74, 6) is -0.655. The van der Waals surface area contributed by atoms with E-state index in [1.165, 1.54) is 23.9 Å². The van der Waals surface area contributed by atoms with E-state index in [0.29, 0.717) is 10.8 Å². The minimum atomic E-state index is -0.465.